The lowest BCUT2D eigenvalue weighted by molar-refractivity contribution is 0.297. The predicted molar refractivity (Wildman–Crippen MR) is 127 cm³/mol. The molecule has 3 rings (SSSR count). The third-order valence-corrected chi connectivity index (χ3v) is 7.34. The minimum atomic E-state index is -3.45. The van der Waals surface area contributed by atoms with Crippen molar-refractivity contribution in [2.24, 2.45) is 4.99 Å². The van der Waals surface area contributed by atoms with E-state index in [1.165, 1.54) is 15.6 Å². The summed E-state index contributed by atoms with van der Waals surface area (Å²) in [5, 5.41) is 8.05. The van der Waals surface area contributed by atoms with Crippen LogP contribution in [0.1, 0.15) is 6.42 Å². The summed E-state index contributed by atoms with van der Waals surface area (Å²) in [5.41, 5.74) is 0.803. The topological polar surface area (TPSA) is 92.3 Å². The molecule has 11 heteroatoms. The number of nitrogens with zero attached hydrogens (tertiary/aromatic N) is 2. The summed E-state index contributed by atoms with van der Waals surface area (Å²) in [4.78, 5) is 4.18. The fraction of sp³-hybridized carbons (Fsp3) is 0.389. The van der Waals surface area contributed by atoms with E-state index < -0.39 is 10.0 Å². The molecule has 0 unspecified atom stereocenters. The van der Waals surface area contributed by atoms with E-state index in [1.807, 2.05) is 18.2 Å². The molecule has 2 heterocycles. The minimum Gasteiger partial charge on any atom is -0.490 e. The Bertz CT molecular complexity index is 920. The first kappa shape index (κ1) is 23.7. The number of aliphatic imine (C=N–C) groups is 1. The Morgan fingerprint density at radius 1 is 1.24 bits per heavy atom. The summed E-state index contributed by atoms with van der Waals surface area (Å²) < 4.78 is 37.8. The molecule has 8 nitrogen and oxygen atoms in total. The molecule has 0 aliphatic carbocycles. The second kappa shape index (κ2) is 11.0. The van der Waals surface area contributed by atoms with Crippen molar-refractivity contribution in [3.63, 3.8) is 0 Å². The summed E-state index contributed by atoms with van der Waals surface area (Å²) in [7, 11) is -0.228. The molecule has 0 fully saturated rings. The minimum absolute atomic E-state index is 0. The lowest BCUT2D eigenvalue weighted by Crippen LogP contribution is -2.38. The zero-order valence-electron chi connectivity index (χ0n) is 16.3. The molecule has 0 saturated heterocycles. The van der Waals surface area contributed by atoms with Crippen molar-refractivity contribution in [2.75, 3.05) is 45.7 Å². The van der Waals surface area contributed by atoms with Gasteiger partial charge in [-0.1, -0.05) is 6.07 Å². The Hall–Kier alpha value is -1.57. The van der Waals surface area contributed by atoms with Gasteiger partial charge in [-0.3, -0.25) is 4.99 Å². The van der Waals surface area contributed by atoms with Crippen LogP contribution >= 0.6 is 35.3 Å². The molecule has 0 atom stereocenters. The van der Waals surface area contributed by atoms with Gasteiger partial charge in [0.05, 0.1) is 13.2 Å². The second-order valence-corrected chi connectivity index (χ2v) is 9.31. The Morgan fingerprint density at radius 3 is 2.69 bits per heavy atom. The van der Waals surface area contributed by atoms with Crippen molar-refractivity contribution in [3.05, 3.63) is 35.7 Å². The number of sulfonamides is 1. The van der Waals surface area contributed by atoms with Gasteiger partial charge < -0.3 is 20.1 Å². The normalized spacial score (nSPS) is 14.1. The highest BCUT2D eigenvalue weighted by Gasteiger charge is 2.21. The Morgan fingerprint density at radius 2 is 2.00 bits per heavy atom. The molecule has 2 N–H and O–H groups in total. The summed E-state index contributed by atoms with van der Waals surface area (Å²) >= 11 is 1.21. The highest BCUT2D eigenvalue weighted by Crippen LogP contribution is 2.32. The molecule has 0 radical (unpaired) electrons. The van der Waals surface area contributed by atoms with Crippen LogP contribution in [0.15, 0.2) is 44.9 Å². The number of thiophene rings is 1. The monoisotopic (exact) mass is 552 g/mol. The molecule has 2 aromatic rings. The van der Waals surface area contributed by atoms with Crippen LogP contribution < -0.4 is 20.1 Å². The van der Waals surface area contributed by atoms with Crippen LogP contribution in [0.5, 0.6) is 11.5 Å². The highest BCUT2D eigenvalue weighted by atomic mass is 127. The van der Waals surface area contributed by atoms with E-state index in [2.05, 4.69) is 15.6 Å². The van der Waals surface area contributed by atoms with Gasteiger partial charge in [-0.05, 0) is 23.6 Å². The number of halogens is 1. The molecule has 1 aromatic carbocycles. The molecule has 1 aliphatic rings. The zero-order valence-corrected chi connectivity index (χ0v) is 20.2. The lowest BCUT2D eigenvalue weighted by Gasteiger charge is -2.18. The van der Waals surface area contributed by atoms with Gasteiger partial charge in [-0.25, -0.2) is 8.42 Å². The first-order valence-corrected chi connectivity index (χ1v) is 11.2. The number of nitrogens with one attached hydrogen (secondary N) is 2. The largest absolute Gasteiger partial charge is 0.490 e. The highest BCUT2D eigenvalue weighted by molar-refractivity contribution is 14.0. The van der Waals surface area contributed by atoms with Crippen LogP contribution in [0, 0.1) is 0 Å². The number of likely N-dealkylation sites (N-methyl/N-ethyl adjacent to an activating group) is 1. The molecule has 1 aliphatic heterocycles. The number of anilines is 1. The van der Waals surface area contributed by atoms with Crippen LogP contribution in [-0.4, -0.2) is 59.1 Å². The molecule has 29 heavy (non-hydrogen) atoms. The number of rotatable bonds is 6. The van der Waals surface area contributed by atoms with Crippen molar-refractivity contribution < 1.29 is 17.9 Å². The third-order valence-electron chi connectivity index (χ3n) is 4.11. The molecule has 0 bridgehead atoms. The molecule has 0 saturated carbocycles. The second-order valence-electron chi connectivity index (χ2n) is 6.09. The molecule has 0 amide bonds. The Labute approximate surface area is 192 Å². The van der Waals surface area contributed by atoms with Crippen LogP contribution in [0.3, 0.4) is 0 Å². The van der Waals surface area contributed by atoms with E-state index in [1.54, 1.807) is 31.6 Å². The smallest absolute Gasteiger partial charge is 0.252 e. The molecule has 1 aromatic heterocycles. The Kier molecular flexibility index (Phi) is 8.99. The lowest BCUT2D eigenvalue weighted by atomic mass is 10.3. The number of fused-ring (bicyclic) bond motifs is 1. The quantitative estimate of drug-likeness (QED) is 0.326. The maximum Gasteiger partial charge on any atom is 0.252 e. The van der Waals surface area contributed by atoms with E-state index in [4.69, 9.17) is 9.47 Å². The van der Waals surface area contributed by atoms with Crippen molar-refractivity contribution in [1.29, 1.82) is 0 Å². The van der Waals surface area contributed by atoms with Crippen molar-refractivity contribution in [3.8, 4) is 11.5 Å². The zero-order chi connectivity index (χ0) is 20.0. The fourth-order valence-corrected chi connectivity index (χ4v) is 4.95. The summed E-state index contributed by atoms with van der Waals surface area (Å²) in [6.45, 7) is 1.98. The van der Waals surface area contributed by atoms with Gasteiger partial charge in [-0.2, -0.15) is 4.31 Å². The number of guanidine groups is 1. The van der Waals surface area contributed by atoms with E-state index in [9.17, 15) is 8.42 Å². The summed E-state index contributed by atoms with van der Waals surface area (Å²) in [5.74, 6) is 1.96. The van der Waals surface area contributed by atoms with Gasteiger partial charge in [0.25, 0.3) is 10.0 Å². The Balaban J connectivity index is 0.00000300. The average Bonchev–Trinajstić information content (AvgIpc) is 3.14. The molecule has 0 spiro atoms. The average molecular weight is 552 g/mol. The predicted octanol–water partition coefficient (Wildman–Crippen LogP) is 2.84. The van der Waals surface area contributed by atoms with Gasteiger partial charge in [-0.15, -0.1) is 35.3 Å². The molecular weight excluding hydrogens is 527 g/mol. The van der Waals surface area contributed by atoms with E-state index in [0.29, 0.717) is 42.2 Å². The first-order chi connectivity index (χ1) is 13.5. The first-order valence-electron chi connectivity index (χ1n) is 8.88. The van der Waals surface area contributed by atoms with E-state index in [-0.39, 0.29) is 24.0 Å². The number of ether oxygens (including phenoxy) is 2. The van der Waals surface area contributed by atoms with E-state index >= 15 is 0 Å². The van der Waals surface area contributed by atoms with Crippen LogP contribution in [0.25, 0.3) is 0 Å². The maximum absolute atomic E-state index is 12.4. The van der Waals surface area contributed by atoms with Crippen molar-refractivity contribution in [1.82, 2.24) is 9.62 Å². The van der Waals surface area contributed by atoms with E-state index in [0.717, 1.165) is 17.9 Å². The SMILES string of the molecule is CN=C(NCCN(C)S(=O)(=O)c1cccs1)Nc1ccc2c(c1)OCCCO2.I. The van der Waals surface area contributed by atoms with Gasteiger partial charge in [0, 0.05) is 45.4 Å². The third kappa shape index (κ3) is 6.20. The van der Waals surface area contributed by atoms with Crippen LogP contribution in [0.2, 0.25) is 0 Å². The number of hydrogen-bond donors (Lipinski definition) is 2. The fourth-order valence-electron chi connectivity index (χ4n) is 2.57. The van der Waals surface area contributed by atoms with Crippen LogP contribution in [0.4, 0.5) is 5.69 Å². The van der Waals surface area contributed by atoms with Crippen molar-refractivity contribution in [2.45, 2.75) is 10.6 Å². The van der Waals surface area contributed by atoms with Gasteiger partial charge >= 0.3 is 0 Å². The standard InChI is InChI=1S/C18H24N4O4S2.HI/c1-19-18(20-8-9-22(2)28(23,24)17-5-3-12-27-17)21-14-6-7-15-16(13-14)26-11-4-10-25-15;/h3,5-7,12-13H,4,8-11H2,1-2H3,(H2,19,20,21);1H. The van der Waals surface area contributed by atoms with Crippen molar-refractivity contribution >= 4 is 57.0 Å². The summed E-state index contributed by atoms with van der Waals surface area (Å²) in [6.07, 6.45) is 0.850. The van der Waals surface area contributed by atoms with Crippen LogP contribution in [-0.2, 0) is 10.0 Å². The molecule has 160 valence electrons. The number of hydrogen-bond acceptors (Lipinski definition) is 6. The summed E-state index contributed by atoms with van der Waals surface area (Å²) in [6, 6.07) is 8.94. The van der Waals surface area contributed by atoms with Gasteiger partial charge in [0.1, 0.15) is 4.21 Å². The molecular formula is C18H25IN4O4S2. The van der Waals surface area contributed by atoms with Gasteiger partial charge in [0.2, 0.25) is 0 Å². The maximum atomic E-state index is 12.4. The van der Waals surface area contributed by atoms with Gasteiger partial charge in [0.15, 0.2) is 17.5 Å². The number of benzene rings is 1.